The van der Waals surface area contributed by atoms with Gasteiger partial charge in [-0.25, -0.2) is 0 Å². The SMILES string of the molecule is CCOc1cccc(CBr)c1OCc1c(Cl)cccc1Cl. The smallest absolute Gasteiger partial charge is 0.165 e. The second-order valence-electron chi connectivity index (χ2n) is 4.30. The van der Waals surface area contributed by atoms with Crippen LogP contribution in [0.3, 0.4) is 0 Å². The molecule has 0 amide bonds. The Kier molecular flexibility index (Phi) is 6.22. The summed E-state index contributed by atoms with van der Waals surface area (Å²) in [6.45, 7) is 2.81. The quantitative estimate of drug-likeness (QED) is 0.575. The topological polar surface area (TPSA) is 18.5 Å². The second kappa shape index (κ2) is 7.92. The molecule has 0 spiro atoms. The van der Waals surface area contributed by atoms with E-state index in [4.69, 9.17) is 32.7 Å². The number of hydrogen-bond acceptors (Lipinski definition) is 2. The van der Waals surface area contributed by atoms with E-state index in [0.717, 1.165) is 16.9 Å². The Labute approximate surface area is 143 Å². The van der Waals surface area contributed by atoms with Gasteiger partial charge in [-0.1, -0.05) is 57.3 Å². The molecular weight excluding hydrogens is 375 g/mol. The number of para-hydroxylation sites is 1. The Bertz CT molecular complexity index is 597. The average molecular weight is 390 g/mol. The van der Waals surface area contributed by atoms with E-state index >= 15 is 0 Å². The molecule has 2 rings (SSSR count). The van der Waals surface area contributed by atoms with Gasteiger partial charge in [0.2, 0.25) is 0 Å². The lowest BCUT2D eigenvalue weighted by atomic mass is 10.2. The van der Waals surface area contributed by atoms with Gasteiger partial charge in [0.05, 0.1) is 6.61 Å². The second-order valence-corrected chi connectivity index (χ2v) is 5.68. The van der Waals surface area contributed by atoms with Crippen molar-refractivity contribution in [2.45, 2.75) is 18.9 Å². The fourth-order valence-electron chi connectivity index (χ4n) is 1.91. The van der Waals surface area contributed by atoms with E-state index in [1.807, 2.05) is 31.2 Å². The van der Waals surface area contributed by atoms with Gasteiger partial charge < -0.3 is 9.47 Å². The number of benzene rings is 2. The average Bonchev–Trinajstić information content (AvgIpc) is 2.48. The molecule has 112 valence electrons. The Morgan fingerprint density at radius 3 is 2.29 bits per heavy atom. The third-order valence-corrected chi connectivity index (χ3v) is 4.24. The van der Waals surface area contributed by atoms with Crippen molar-refractivity contribution >= 4 is 39.1 Å². The molecule has 2 aromatic rings. The number of halogens is 3. The van der Waals surface area contributed by atoms with E-state index in [9.17, 15) is 0 Å². The van der Waals surface area contributed by atoms with Crippen molar-refractivity contribution in [3.63, 3.8) is 0 Å². The van der Waals surface area contributed by atoms with E-state index in [-0.39, 0.29) is 0 Å². The minimum Gasteiger partial charge on any atom is -0.490 e. The van der Waals surface area contributed by atoms with Crippen molar-refractivity contribution in [3.8, 4) is 11.5 Å². The normalized spacial score (nSPS) is 10.5. The van der Waals surface area contributed by atoms with Crippen LogP contribution in [-0.2, 0) is 11.9 Å². The molecule has 0 fully saturated rings. The van der Waals surface area contributed by atoms with Gasteiger partial charge >= 0.3 is 0 Å². The largest absolute Gasteiger partial charge is 0.490 e. The molecule has 2 aromatic carbocycles. The van der Waals surface area contributed by atoms with Gasteiger partial charge in [-0.05, 0) is 25.1 Å². The van der Waals surface area contributed by atoms with E-state index in [0.29, 0.717) is 34.3 Å². The van der Waals surface area contributed by atoms with Crippen LogP contribution < -0.4 is 9.47 Å². The van der Waals surface area contributed by atoms with Crippen LogP contribution in [-0.4, -0.2) is 6.61 Å². The predicted molar refractivity (Wildman–Crippen MR) is 91.0 cm³/mol. The Morgan fingerprint density at radius 1 is 1.00 bits per heavy atom. The number of hydrogen-bond donors (Lipinski definition) is 0. The first-order valence-electron chi connectivity index (χ1n) is 6.53. The molecule has 0 bridgehead atoms. The van der Waals surface area contributed by atoms with Crippen molar-refractivity contribution in [2.24, 2.45) is 0 Å². The van der Waals surface area contributed by atoms with E-state index in [2.05, 4.69) is 15.9 Å². The minimum atomic E-state index is 0.294. The van der Waals surface area contributed by atoms with Crippen molar-refractivity contribution < 1.29 is 9.47 Å². The maximum Gasteiger partial charge on any atom is 0.165 e. The van der Waals surface area contributed by atoms with Crippen LogP contribution in [0.1, 0.15) is 18.1 Å². The van der Waals surface area contributed by atoms with Gasteiger partial charge in [-0.15, -0.1) is 0 Å². The summed E-state index contributed by atoms with van der Waals surface area (Å²) in [4.78, 5) is 0. The van der Waals surface area contributed by atoms with Gasteiger partial charge in [0.15, 0.2) is 11.5 Å². The Hall–Kier alpha value is -0.900. The van der Waals surface area contributed by atoms with Gasteiger partial charge in [0.25, 0.3) is 0 Å². The number of alkyl halides is 1. The highest BCUT2D eigenvalue weighted by Crippen LogP contribution is 2.34. The van der Waals surface area contributed by atoms with Crippen LogP contribution in [0.25, 0.3) is 0 Å². The first-order chi connectivity index (χ1) is 10.2. The van der Waals surface area contributed by atoms with Crippen LogP contribution >= 0.6 is 39.1 Å². The zero-order valence-electron chi connectivity index (χ0n) is 11.5. The summed E-state index contributed by atoms with van der Waals surface area (Å²) in [5, 5.41) is 1.87. The molecule has 0 saturated carbocycles. The third-order valence-electron chi connectivity index (χ3n) is 2.93. The van der Waals surface area contributed by atoms with Crippen LogP contribution in [0.15, 0.2) is 36.4 Å². The summed E-state index contributed by atoms with van der Waals surface area (Å²) in [6, 6.07) is 11.2. The molecule has 0 unspecified atom stereocenters. The fraction of sp³-hybridized carbons (Fsp3) is 0.250. The molecule has 0 aliphatic carbocycles. The lowest BCUT2D eigenvalue weighted by molar-refractivity contribution is 0.267. The maximum atomic E-state index is 6.17. The van der Waals surface area contributed by atoms with Gasteiger partial charge in [-0.3, -0.25) is 0 Å². The molecule has 0 aliphatic heterocycles. The summed E-state index contributed by atoms with van der Waals surface area (Å²) in [5.41, 5.74) is 1.79. The van der Waals surface area contributed by atoms with Crippen molar-refractivity contribution in [2.75, 3.05) is 6.61 Å². The monoisotopic (exact) mass is 388 g/mol. The zero-order chi connectivity index (χ0) is 15.2. The van der Waals surface area contributed by atoms with Crippen molar-refractivity contribution in [1.29, 1.82) is 0 Å². The number of ether oxygens (including phenoxy) is 2. The van der Waals surface area contributed by atoms with Crippen LogP contribution in [0.5, 0.6) is 11.5 Å². The standard InChI is InChI=1S/C16H15BrCl2O2/c1-2-20-15-8-3-5-11(9-17)16(15)21-10-12-13(18)6-4-7-14(12)19/h3-8H,2,9-10H2,1H3. The summed E-state index contributed by atoms with van der Waals surface area (Å²) < 4.78 is 11.6. The zero-order valence-corrected chi connectivity index (χ0v) is 14.6. The molecule has 0 aliphatic rings. The summed E-state index contributed by atoms with van der Waals surface area (Å²) in [5.74, 6) is 1.44. The lowest BCUT2D eigenvalue weighted by Crippen LogP contribution is -2.03. The Morgan fingerprint density at radius 2 is 1.67 bits per heavy atom. The molecule has 0 aromatic heterocycles. The highest BCUT2D eigenvalue weighted by atomic mass is 79.9. The molecule has 0 heterocycles. The maximum absolute atomic E-state index is 6.17. The van der Waals surface area contributed by atoms with Crippen LogP contribution in [0, 0.1) is 0 Å². The lowest BCUT2D eigenvalue weighted by Gasteiger charge is -2.16. The van der Waals surface area contributed by atoms with Crippen LogP contribution in [0.2, 0.25) is 10.0 Å². The summed E-state index contributed by atoms with van der Waals surface area (Å²) in [7, 11) is 0. The van der Waals surface area contributed by atoms with Gasteiger partial charge in [0, 0.05) is 26.5 Å². The Balaban J connectivity index is 2.27. The summed E-state index contributed by atoms with van der Waals surface area (Å²) in [6.07, 6.45) is 0. The first-order valence-corrected chi connectivity index (χ1v) is 8.41. The fourth-order valence-corrected chi connectivity index (χ4v) is 2.86. The highest BCUT2D eigenvalue weighted by Gasteiger charge is 2.13. The first kappa shape index (κ1) is 16.5. The molecule has 2 nitrogen and oxygen atoms in total. The molecule has 21 heavy (non-hydrogen) atoms. The van der Waals surface area contributed by atoms with Gasteiger partial charge in [0.1, 0.15) is 6.61 Å². The third kappa shape index (κ3) is 4.06. The number of rotatable bonds is 6. The van der Waals surface area contributed by atoms with E-state index in [1.165, 1.54) is 0 Å². The van der Waals surface area contributed by atoms with Crippen molar-refractivity contribution in [3.05, 3.63) is 57.6 Å². The van der Waals surface area contributed by atoms with E-state index < -0.39 is 0 Å². The van der Waals surface area contributed by atoms with E-state index in [1.54, 1.807) is 12.1 Å². The highest BCUT2D eigenvalue weighted by molar-refractivity contribution is 9.08. The molecule has 0 N–H and O–H groups in total. The molecule has 0 saturated heterocycles. The predicted octanol–water partition coefficient (Wildman–Crippen LogP) is 5.87. The van der Waals surface area contributed by atoms with Crippen molar-refractivity contribution in [1.82, 2.24) is 0 Å². The molecular formula is C16H15BrCl2O2. The molecule has 0 atom stereocenters. The summed E-state index contributed by atoms with van der Waals surface area (Å²) >= 11 is 15.8. The molecule has 5 heteroatoms. The van der Waals surface area contributed by atoms with Crippen LogP contribution in [0.4, 0.5) is 0 Å². The minimum absolute atomic E-state index is 0.294. The van der Waals surface area contributed by atoms with Gasteiger partial charge in [-0.2, -0.15) is 0 Å². The molecule has 0 radical (unpaired) electrons.